The Morgan fingerprint density at radius 2 is 1.77 bits per heavy atom. The molecule has 0 bridgehead atoms. The highest BCUT2D eigenvalue weighted by atomic mass is 16.6. The normalized spacial score (nSPS) is 15.6. The van der Waals surface area contributed by atoms with Crippen LogP contribution in [-0.4, -0.2) is 56.4 Å². The fraction of sp³-hybridized carbons (Fsp3) is 0.389. The lowest BCUT2D eigenvalue weighted by atomic mass is 10.0. The van der Waals surface area contributed by atoms with E-state index in [9.17, 15) is 24.5 Å². The second-order valence-corrected chi connectivity index (χ2v) is 5.99. The highest BCUT2D eigenvalue weighted by molar-refractivity contribution is 5.96. The summed E-state index contributed by atoms with van der Waals surface area (Å²) in [6, 6.07) is 0.858. The topological polar surface area (TPSA) is 155 Å². The third-order valence-corrected chi connectivity index (χ3v) is 4.13. The lowest BCUT2D eigenvalue weighted by Crippen LogP contribution is -2.50. The molecule has 0 radical (unpaired) electrons. The zero-order valence-electron chi connectivity index (χ0n) is 16.8. The van der Waals surface area contributed by atoms with Gasteiger partial charge < -0.3 is 29.6 Å². The van der Waals surface area contributed by atoms with Gasteiger partial charge in [0.15, 0.2) is 11.5 Å². The maximum absolute atomic E-state index is 12.6. The van der Waals surface area contributed by atoms with Crippen molar-refractivity contribution in [2.75, 3.05) is 27.4 Å². The van der Waals surface area contributed by atoms with Crippen LogP contribution in [0.2, 0.25) is 0 Å². The van der Waals surface area contributed by atoms with Gasteiger partial charge in [-0.25, -0.2) is 14.4 Å². The smallest absolute Gasteiger partial charge is 0.345 e. The van der Waals surface area contributed by atoms with Crippen molar-refractivity contribution in [2.24, 2.45) is 0 Å². The van der Waals surface area contributed by atoms with Crippen molar-refractivity contribution in [3.63, 3.8) is 0 Å². The second kappa shape index (κ2) is 9.58. The summed E-state index contributed by atoms with van der Waals surface area (Å²) in [4.78, 5) is 47.1. The fourth-order valence-corrected chi connectivity index (χ4v) is 2.79. The summed E-state index contributed by atoms with van der Waals surface area (Å²) in [7, 11) is 2.60. The Balaban J connectivity index is 2.35. The van der Waals surface area contributed by atoms with E-state index in [0.29, 0.717) is 0 Å². The van der Waals surface area contributed by atoms with Gasteiger partial charge in [0.05, 0.1) is 49.1 Å². The molecule has 0 saturated heterocycles. The summed E-state index contributed by atoms with van der Waals surface area (Å²) in [6.07, 6.45) is 0. The molecule has 12 heteroatoms. The van der Waals surface area contributed by atoms with Crippen molar-refractivity contribution in [2.45, 2.75) is 19.9 Å². The van der Waals surface area contributed by atoms with Gasteiger partial charge in [-0.3, -0.25) is 10.1 Å². The molecule has 0 spiro atoms. The molecule has 0 unspecified atom stereocenters. The van der Waals surface area contributed by atoms with E-state index < -0.39 is 41.2 Å². The van der Waals surface area contributed by atoms with Gasteiger partial charge in [-0.15, -0.1) is 0 Å². The Morgan fingerprint density at radius 3 is 2.33 bits per heavy atom. The molecular formula is C18H21N3O9. The van der Waals surface area contributed by atoms with E-state index in [1.54, 1.807) is 13.8 Å². The lowest BCUT2D eigenvalue weighted by Gasteiger charge is -2.26. The van der Waals surface area contributed by atoms with Gasteiger partial charge in [-0.05, 0) is 13.8 Å². The maximum atomic E-state index is 12.6. The van der Waals surface area contributed by atoms with E-state index in [1.807, 2.05) is 0 Å². The summed E-state index contributed by atoms with van der Waals surface area (Å²) >= 11 is 0. The average molecular weight is 423 g/mol. The van der Waals surface area contributed by atoms with Crippen LogP contribution in [0.1, 0.15) is 24.2 Å². The Kier molecular flexibility index (Phi) is 7.17. The third kappa shape index (κ3) is 4.77. The number of methoxy groups -OCH3 is 2. The number of esters is 2. The maximum Gasteiger partial charge on any atom is 0.345 e. The number of nitro groups is 1. The van der Waals surface area contributed by atoms with E-state index in [1.165, 1.54) is 14.2 Å². The number of nitro benzene ring substituents is 1. The molecule has 1 aliphatic heterocycles. The molecule has 2 amide bonds. The molecule has 1 aromatic rings. The molecule has 0 fully saturated rings. The van der Waals surface area contributed by atoms with Gasteiger partial charge >= 0.3 is 18.0 Å². The molecule has 0 saturated carbocycles. The minimum absolute atomic E-state index is 0.0150. The van der Waals surface area contributed by atoms with E-state index in [2.05, 4.69) is 10.6 Å². The summed E-state index contributed by atoms with van der Waals surface area (Å²) in [6.45, 7) is 2.77. The molecular weight excluding hydrogens is 402 g/mol. The fourth-order valence-electron chi connectivity index (χ4n) is 2.79. The zero-order chi connectivity index (χ0) is 22.4. The van der Waals surface area contributed by atoms with Crippen LogP contribution in [0.4, 0.5) is 10.5 Å². The van der Waals surface area contributed by atoms with Crippen LogP contribution in [0.15, 0.2) is 23.4 Å². The van der Waals surface area contributed by atoms with Crippen molar-refractivity contribution in [1.82, 2.24) is 10.6 Å². The van der Waals surface area contributed by atoms with Crippen molar-refractivity contribution in [3.05, 3.63) is 39.1 Å². The molecule has 0 aliphatic carbocycles. The highest BCUT2D eigenvalue weighted by Gasteiger charge is 2.31. The van der Waals surface area contributed by atoms with E-state index in [4.69, 9.17) is 18.9 Å². The predicted octanol–water partition coefficient (Wildman–Crippen LogP) is 1.29. The zero-order valence-corrected chi connectivity index (χ0v) is 16.8. The number of urea groups is 1. The summed E-state index contributed by atoms with van der Waals surface area (Å²) in [5, 5.41) is 16.3. The largest absolute Gasteiger partial charge is 0.493 e. The number of nitrogens with zero attached hydrogens (tertiary/aromatic N) is 1. The van der Waals surface area contributed by atoms with Crippen LogP contribution < -0.4 is 20.1 Å². The molecule has 2 N–H and O–H groups in total. The van der Waals surface area contributed by atoms with Gasteiger partial charge in [0, 0.05) is 6.07 Å². The van der Waals surface area contributed by atoms with Gasteiger partial charge in [-0.1, -0.05) is 0 Å². The van der Waals surface area contributed by atoms with Gasteiger partial charge in [-0.2, -0.15) is 0 Å². The number of nitrogens with one attached hydrogen (secondary N) is 2. The minimum Gasteiger partial charge on any atom is -0.493 e. The molecule has 0 aromatic heterocycles. The summed E-state index contributed by atoms with van der Waals surface area (Å²) in [5.41, 5.74) is -0.851. The van der Waals surface area contributed by atoms with Crippen LogP contribution in [0, 0.1) is 10.1 Å². The molecule has 1 atom stereocenters. The van der Waals surface area contributed by atoms with E-state index in [0.717, 1.165) is 12.1 Å². The quantitative estimate of drug-likeness (QED) is 0.357. The number of benzene rings is 1. The minimum atomic E-state index is -1.06. The molecule has 1 aliphatic rings. The van der Waals surface area contributed by atoms with Crippen molar-refractivity contribution < 1.29 is 38.3 Å². The first kappa shape index (κ1) is 22.5. The third-order valence-electron chi connectivity index (χ3n) is 4.13. The Hall–Kier alpha value is -3.83. The van der Waals surface area contributed by atoms with Crippen LogP contribution in [0.25, 0.3) is 0 Å². The van der Waals surface area contributed by atoms with Crippen LogP contribution in [-0.2, 0) is 14.3 Å². The van der Waals surface area contributed by atoms with Gasteiger partial charge in [0.25, 0.3) is 5.69 Å². The predicted molar refractivity (Wildman–Crippen MR) is 101 cm³/mol. The molecule has 2 rings (SSSR count). The molecule has 162 valence electrons. The van der Waals surface area contributed by atoms with E-state index in [-0.39, 0.29) is 34.9 Å². The number of carbonyl (C=O) groups is 3. The first-order valence-electron chi connectivity index (χ1n) is 8.78. The first-order chi connectivity index (χ1) is 14.2. The highest BCUT2D eigenvalue weighted by Crippen LogP contribution is 2.34. The summed E-state index contributed by atoms with van der Waals surface area (Å²) in [5.74, 6) is -1.60. The summed E-state index contributed by atoms with van der Waals surface area (Å²) < 4.78 is 20.2. The second-order valence-electron chi connectivity index (χ2n) is 5.99. The monoisotopic (exact) mass is 423 g/mol. The average Bonchev–Trinajstić information content (AvgIpc) is 2.70. The Morgan fingerprint density at radius 1 is 1.13 bits per heavy atom. The number of ether oxygens (including phenoxy) is 4. The first-order valence-corrected chi connectivity index (χ1v) is 8.78. The van der Waals surface area contributed by atoms with Crippen LogP contribution in [0.5, 0.6) is 11.5 Å². The standard InChI is InChI=1S/C18H21N3O9/c1-5-29-17(23)15-9(2)19-18(24)20-11(15)8-30-16(22)10-6-13(27-3)14(28-4)7-12(10)21(25)26/h6-7,9H,5,8H2,1-4H3,(H2,19,20,24)/t9-/m0/s1. The number of rotatable bonds is 8. The van der Waals surface area contributed by atoms with Crippen LogP contribution >= 0.6 is 0 Å². The Bertz CT molecular complexity index is 910. The van der Waals surface area contributed by atoms with Crippen LogP contribution in [0.3, 0.4) is 0 Å². The van der Waals surface area contributed by atoms with Gasteiger partial charge in [0.2, 0.25) is 0 Å². The number of carbonyl (C=O) groups excluding carboxylic acids is 3. The SMILES string of the molecule is CCOC(=O)C1=C(COC(=O)c2cc(OC)c(OC)cc2[N+](=O)[O-])NC(=O)N[C@H]1C. The number of amides is 2. The number of hydrogen-bond donors (Lipinski definition) is 2. The Labute approximate surface area is 171 Å². The van der Waals surface area contributed by atoms with Crippen molar-refractivity contribution in [3.8, 4) is 11.5 Å². The van der Waals surface area contributed by atoms with Gasteiger partial charge in [0.1, 0.15) is 12.2 Å². The molecule has 1 heterocycles. The molecule has 12 nitrogen and oxygen atoms in total. The molecule has 30 heavy (non-hydrogen) atoms. The number of hydrogen-bond acceptors (Lipinski definition) is 9. The molecule has 1 aromatic carbocycles. The van der Waals surface area contributed by atoms with E-state index >= 15 is 0 Å². The van der Waals surface area contributed by atoms with Crippen molar-refractivity contribution in [1.29, 1.82) is 0 Å². The van der Waals surface area contributed by atoms with Crippen molar-refractivity contribution >= 4 is 23.7 Å². The lowest BCUT2D eigenvalue weighted by molar-refractivity contribution is -0.385.